The van der Waals surface area contributed by atoms with Gasteiger partial charge in [-0.2, -0.15) is 11.8 Å². The molecule has 1 rings (SSSR count). The first-order valence-corrected chi connectivity index (χ1v) is 8.08. The highest BCUT2D eigenvalue weighted by Crippen LogP contribution is 2.39. The fraction of sp³-hybridized carbons (Fsp3) is 0.846. The van der Waals surface area contributed by atoms with E-state index in [1.807, 2.05) is 6.92 Å². The molecule has 0 spiro atoms. The number of thioether (sulfide) groups is 1. The molecule has 1 saturated carbocycles. The molecule has 3 N–H and O–H groups in total. The standard InChI is InChI=1S/C13H24N2O3S/c1-3-6-10(11(16)17)15-12(18)14-9-13(19-2)7-4-5-8-13/h10H,3-9H2,1-2H3,(H,16,17)(H2,14,15,18)/t10-/m0/s1. The molecule has 110 valence electrons. The van der Waals surface area contributed by atoms with Crippen molar-refractivity contribution in [2.45, 2.75) is 56.2 Å². The maximum atomic E-state index is 11.8. The lowest BCUT2D eigenvalue weighted by Crippen LogP contribution is -2.49. The number of hydrogen-bond acceptors (Lipinski definition) is 3. The minimum Gasteiger partial charge on any atom is -0.480 e. The second kappa shape index (κ2) is 7.62. The maximum Gasteiger partial charge on any atom is 0.326 e. The number of rotatable bonds is 7. The zero-order chi connectivity index (χ0) is 14.3. The minimum atomic E-state index is -0.975. The molecule has 1 atom stereocenters. The number of hydrogen-bond donors (Lipinski definition) is 3. The third-order valence-electron chi connectivity index (χ3n) is 3.70. The number of carboxylic acids is 1. The molecular formula is C13H24N2O3S. The summed E-state index contributed by atoms with van der Waals surface area (Å²) >= 11 is 1.80. The van der Waals surface area contributed by atoms with Gasteiger partial charge in [0.05, 0.1) is 0 Å². The SMILES string of the molecule is CCC[C@H](NC(=O)NCC1(SC)CCCC1)C(=O)O. The Morgan fingerprint density at radius 2 is 2.00 bits per heavy atom. The number of amides is 2. The summed E-state index contributed by atoms with van der Waals surface area (Å²) in [5, 5.41) is 14.3. The van der Waals surface area contributed by atoms with E-state index in [1.54, 1.807) is 11.8 Å². The highest BCUT2D eigenvalue weighted by Gasteiger charge is 2.33. The summed E-state index contributed by atoms with van der Waals surface area (Å²) < 4.78 is 0.140. The zero-order valence-corrected chi connectivity index (χ0v) is 12.5. The molecule has 6 heteroatoms. The van der Waals surface area contributed by atoms with Gasteiger partial charge in [0.2, 0.25) is 0 Å². The third kappa shape index (κ3) is 4.93. The van der Waals surface area contributed by atoms with Crippen LogP contribution in [-0.2, 0) is 4.79 Å². The highest BCUT2D eigenvalue weighted by atomic mass is 32.2. The van der Waals surface area contributed by atoms with Crippen LogP contribution in [0.25, 0.3) is 0 Å². The molecule has 0 aromatic heterocycles. The first kappa shape index (κ1) is 16.1. The molecule has 0 bridgehead atoms. The molecule has 0 unspecified atom stereocenters. The Bertz CT molecular complexity index is 317. The second-order valence-corrected chi connectivity index (χ2v) is 6.38. The topological polar surface area (TPSA) is 78.4 Å². The van der Waals surface area contributed by atoms with Crippen LogP contribution in [0.3, 0.4) is 0 Å². The normalized spacial score (nSPS) is 18.8. The van der Waals surface area contributed by atoms with E-state index in [9.17, 15) is 9.59 Å². The second-order valence-electron chi connectivity index (χ2n) is 5.10. The van der Waals surface area contributed by atoms with E-state index in [0.29, 0.717) is 13.0 Å². The average Bonchev–Trinajstić information content (AvgIpc) is 2.85. The van der Waals surface area contributed by atoms with Crippen molar-refractivity contribution >= 4 is 23.8 Å². The average molecular weight is 288 g/mol. The van der Waals surface area contributed by atoms with Gasteiger partial charge in [0, 0.05) is 11.3 Å². The number of aliphatic carboxylic acids is 1. The third-order valence-corrected chi connectivity index (χ3v) is 5.12. The Hall–Kier alpha value is -0.910. The van der Waals surface area contributed by atoms with E-state index >= 15 is 0 Å². The number of carbonyl (C=O) groups excluding carboxylic acids is 1. The van der Waals surface area contributed by atoms with E-state index < -0.39 is 12.0 Å². The molecule has 19 heavy (non-hydrogen) atoms. The van der Waals surface area contributed by atoms with Crippen LogP contribution in [0.2, 0.25) is 0 Å². The summed E-state index contributed by atoms with van der Waals surface area (Å²) in [6.07, 6.45) is 7.90. The minimum absolute atomic E-state index is 0.140. The van der Waals surface area contributed by atoms with Crippen LogP contribution in [0.4, 0.5) is 4.79 Å². The fourth-order valence-corrected chi connectivity index (χ4v) is 3.38. The molecule has 0 radical (unpaired) electrons. The van der Waals surface area contributed by atoms with Crippen LogP contribution < -0.4 is 10.6 Å². The molecule has 2 amide bonds. The molecule has 1 aliphatic rings. The van der Waals surface area contributed by atoms with Crippen molar-refractivity contribution in [1.82, 2.24) is 10.6 Å². The van der Waals surface area contributed by atoms with Crippen molar-refractivity contribution < 1.29 is 14.7 Å². The number of urea groups is 1. The van der Waals surface area contributed by atoms with Crippen molar-refractivity contribution in [3.8, 4) is 0 Å². The van der Waals surface area contributed by atoms with E-state index in [4.69, 9.17) is 5.11 Å². The largest absolute Gasteiger partial charge is 0.480 e. The summed E-state index contributed by atoms with van der Waals surface area (Å²) in [7, 11) is 0. The van der Waals surface area contributed by atoms with E-state index in [1.165, 1.54) is 12.8 Å². The first-order valence-electron chi connectivity index (χ1n) is 6.85. The predicted octanol–water partition coefficient (Wildman–Crippen LogP) is 2.21. The summed E-state index contributed by atoms with van der Waals surface area (Å²) in [5.74, 6) is -0.975. The number of nitrogens with one attached hydrogen (secondary N) is 2. The van der Waals surface area contributed by atoms with Crippen LogP contribution >= 0.6 is 11.8 Å². The van der Waals surface area contributed by atoms with Crippen LogP contribution in [0.5, 0.6) is 0 Å². The Labute approximate surface area is 118 Å². The predicted molar refractivity (Wildman–Crippen MR) is 77.6 cm³/mol. The monoisotopic (exact) mass is 288 g/mol. The number of carbonyl (C=O) groups is 2. The smallest absolute Gasteiger partial charge is 0.326 e. The van der Waals surface area contributed by atoms with E-state index in [0.717, 1.165) is 19.3 Å². The van der Waals surface area contributed by atoms with Crippen LogP contribution in [-0.4, -0.2) is 40.7 Å². The van der Waals surface area contributed by atoms with Crippen molar-refractivity contribution in [3.05, 3.63) is 0 Å². The molecule has 1 fully saturated rings. The van der Waals surface area contributed by atoms with Gasteiger partial charge >= 0.3 is 12.0 Å². The quantitative estimate of drug-likeness (QED) is 0.671. The highest BCUT2D eigenvalue weighted by molar-refractivity contribution is 8.00. The van der Waals surface area contributed by atoms with Gasteiger partial charge in [0.1, 0.15) is 6.04 Å². The van der Waals surface area contributed by atoms with Crippen molar-refractivity contribution in [3.63, 3.8) is 0 Å². The van der Waals surface area contributed by atoms with Gasteiger partial charge in [0.15, 0.2) is 0 Å². The van der Waals surface area contributed by atoms with Gasteiger partial charge in [-0.3, -0.25) is 0 Å². The Kier molecular flexibility index (Phi) is 6.48. The fourth-order valence-electron chi connectivity index (χ4n) is 2.47. The van der Waals surface area contributed by atoms with Crippen molar-refractivity contribution in [2.75, 3.05) is 12.8 Å². The molecule has 5 nitrogen and oxygen atoms in total. The van der Waals surface area contributed by atoms with Crippen LogP contribution in [0.15, 0.2) is 0 Å². The molecule has 0 aliphatic heterocycles. The van der Waals surface area contributed by atoms with Gasteiger partial charge < -0.3 is 15.7 Å². The first-order chi connectivity index (χ1) is 9.03. The van der Waals surface area contributed by atoms with Crippen molar-refractivity contribution in [2.24, 2.45) is 0 Å². The Morgan fingerprint density at radius 1 is 1.37 bits per heavy atom. The van der Waals surface area contributed by atoms with Crippen LogP contribution in [0.1, 0.15) is 45.4 Å². The summed E-state index contributed by atoms with van der Waals surface area (Å²) in [5.41, 5.74) is 0. The lowest BCUT2D eigenvalue weighted by Gasteiger charge is -2.27. The van der Waals surface area contributed by atoms with Gasteiger partial charge in [-0.25, -0.2) is 9.59 Å². The molecule has 1 aliphatic carbocycles. The zero-order valence-electron chi connectivity index (χ0n) is 11.7. The maximum absolute atomic E-state index is 11.8. The summed E-state index contributed by atoms with van der Waals surface area (Å²) in [6, 6.07) is -1.17. The van der Waals surface area contributed by atoms with Gasteiger partial charge in [0.25, 0.3) is 0 Å². The van der Waals surface area contributed by atoms with E-state index in [2.05, 4.69) is 16.9 Å². The molecule has 0 heterocycles. The Balaban J connectivity index is 2.39. The summed E-state index contributed by atoms with van der Waals surface area (Å²) in [6.45, 7) is 2.51. The lowest BCUT2D eigenvalue weighted by molar-refractivity contribution is -0.139. The Morgan fingerprint density at radius 3 is 2.47 bits per heavy atom. The van der Waals surface area contributed by atoms with Gasteiger partial charge in [-0.15, -0.1) is 0 Å². The molecule has 0 saturated heterocycles. The number of carboxylic acid groups (broad SMARTS) is 1. The molecular weight excluding hydrogens is 264 g/mol. The van der Waals surface area contributed by atoms with Crippen LogP contribution in [0, 0.1) is 0 Å². The molecule has 0 aromatic rings. The van der Waals surface area contributed by atoms with Gasteiger partial charge in [-0.1, -0.05) is 26.2 Å². The lowest BCUT2D eigenvalue weighted by atomic mass is 10.1. The molecule has 0 aromatic carbocycles. The van der Waals surface area contributed by atoms with Crippen molar-refractivity contribution in [1.29, 1.82) is 0 Å². The van der Waals surface area contributed by atoms with Gasteiger partial charge in [-0.05, 0) is 25.5 Å². The summed E-state index contributed by atoms with van der Waals surface area (Å²) in [4.78, 5) is 22.7. The van der Waals surface area contributed by atoms with E-state index in [-0.39, 0.29) is 10.8 Å².